The number of hydrogen-bond donors (Lipinski definition) is 1. The van der Waals surface area contributed by atoms with Crippen molar-refractivity contribution in [1.29, 1.82) is 0 Å². The Morgan fingerprint density at radius 2 is 1.96 bits per heavy atom. The highest BCUT2D eigenvalue weighted by Gasteiger charge is 2.41. The van der Waals surface area contributed by atoms with E-state index in [0.29, 0.717) is 19.3 Å². The Kier molecular flexibility index (Phi) is 7.89. The maximum atomic E-state index is 12.2. The van der Waals surface area contributed by atoms with E-state index < -0.39 is 27.2 Å². The fourth-order valence-electron chi connectivity index (χ4n) is 2.88. The molecule has 1 aliphatic carbocycles. The number of hydrogen-bond acceptors (Lipinski definition) is 6. The van der Waals surface area contributed by atoms with Crippen LogP contribution in [-0.2, 0) is 28.9 Å². The molecular weight excluding hydrogens is 334 g/mol. The number of nitrogens with one attached hydrogen (secondary N) is 1. The van der Waals surface area contributed by atoms with Gasteiger partial charge in [0.1, 0.15) is 6.10 Å². The highest BCUT2D eigenvalue weighted by atomic mass is 32.2. The normalized spacial score (nSPS) is 21.7. The van der Waals surface area contributed by atoms with Gasteiger partial charge in [-0.15, -0.1) is 0 Å². The summed E-state index contributed by atoms with van der Waals surface area (Å²) in [5, 5.41) is 1.68. The van der Waals surface area contributed by atoms with Crippen LogP contribution in [0.5, 0.6) is 0 Å². The lowest BCUT2D eigenvalue weighted by Gasteiger charge is -2.35. The van der Waals surface area contributed by atoms with Gasteiger partial charge in [-0.2, -0.15) is 0 Å². The predicted molar refractivity (Wildman–Crippen MR) is 90.0 cm³/mol. The molecule has 1 rings (SSSR count). The van der Waals surface area contributed by atoms with Gasteiger partial charge in [-0.1, -0.05) is 13.8 Å². The van der Waals surface area contributed by atoms with Gasteiger partial charge < -0.3 is 14.8 Å². The Morgan fingerprint density at radius 1 is 1.33 bits per heavy atom. The van der Waals surface area contributed by atoms with Crippen molar-refractivity contribution in [3.05, 3.63) is 11.3 Å². The van der Waals surface area contributed by atoms with Crippen molar-refractivity contribution < 1.29 is 27.5 Å². The van der Waals surface area contributed by atoms with Crippen molar-refractivity contribution in [1.82, 2.24) is 5.32 Å². The maximum absolute atomic E-state index is 12.2. The molecule has 0 aromatic rings. The molecule has 0 fully saturated rings. The van der Waals surface area contributed by atoms with Gasteiger partial charge >= 0.3 is 5.97 Å². The lowest BCUT2D eigenvalue weighted by Crippen LogP contribution is -2.46. The Labute approximate surface area is 143 Å². The molecular formula is C16H27NO6S. The fraction of sp³-hybridized carbons (Fsp3) is 0.750. The fourth-order valence-corrected chi connectivity index (χ4v) is 4.07. The summed E-state index contributed by atoms with van der Waals surface area (Å²) in [6.45, 7) is 5.76. The number of sulfone groups is 1. The average molecular weight is 361 g/mol. The Hall–Kier alpha value is -1.41. The number of ether oxygens (including phenoxy) is 2. The Balaban J connectivity index is 3.35. The van der Waals surface area contributed by atoms with Crippen molar-refractivity contribution in [3.8, 4) is 0 Å². The summed E-state index contributed by atoms with van der Waals surface area (Å²) in [5.41, 5.74) is 0.483. The molecule has 2 atom stereocenters. The highest BCUT2D eigenvalue weighted by Crippen LogP contribution is 2.32. The number of amides is 1. The standard InChI is InChI=1S/C16H27NO6S/c1-5-11(6-2)23-15-13(24(4,20)21)9-8-12(14(15)17-10-18)16(19)22-7-3/h10-11,13,15H,5-9H2,1-4H3,(H,17,18). The molecule has 0 aromatic carbocycles. The molecule has 0 spiro atoms. The minimum Gasteiger partial charge on any atom is -0.463 e. The first-order chi connectivity index (χ1) is 11.3. The molecule has 0 heterocycles. The van der Waals surface area contributed by atoms with Crippen molar-refractivity contribution in [3.63, 3.8) is 0 Å². The van der Waals surface area contributed by atoms with E-state index in [1.165, 1.54) is 0 Å². The van der Waals surface area contributed by atoms with E-state index in [9.17, 15) is 18.0 Å². The minimum atomic E-state index is -3.42. The molecule has 0 radical (unpaired) electrons. The lowest BCUT2D eigenvalue weighted by atomic mass is 9.92. The zero-order valence-corrected chi connectivity index (χ0v) is 15.5. The van der Waals surface area contributed by atoms with Gasteiger partial charge in [0.2, 0.25) is 6.41 Å². The molecule has 0 aromatic heterocycles. The van der Waals surface area contributed by atoms with Gasteiger partial charge in [-0.25, -0.2) is 13.2 Å². The van der Waals surface area contributed by atoms with Crippen LogP contribution in [0, 0.1) is 0 Å². The van der Waals surface area contributed by atoms with E-state index >= 15 is 0 Å². The monoisotopic (exact) mass is 361 g/mol. The van der Waals surface area contributed by atoms with Crippen LogP contribution in [0.4, 0.5) is 0 Å². The molecule has 138 valence electrons. The maximum Gasteiger partial charge on any atom is 0.335 e. The number of carbonyl (C=O) groups is 2. The number of rotatable bonds is 9. The van der Waals surface area contributed by atoms with Crippen molar-refractivity contribution in [2.24, 2.45) is 0 Å². The van der Waals surface area contributed by atoms with Gasteiger partial charge in [0.05, 0.1) is 29.2 Å². The Morgan fingerprint density at radius 3 is 2.42 bits per heavy atom. The first-order valence-electron chi connectivity index (χ1n) is 8.24. The molecule has 24 heavy (non-hydrogen) atoms. The largest absolute Gasteiger partial charge is 0.463 e. The zero-order valence-electron chi connectivity index (χ0n) is 14.7. The van der Waals surface area contributed by atoms with Crippen molar-refractivity contribution in [2.45, 2.75) is 63.9 Å². The van der Waals surface area contributed by atoms with Crippen LogP contribution in [0.1, 0.15) is 46.5 Å². The van der Waals surface area contributed by atoms with Crippen LogP contribution in [0.25, 0.3) is 0 Å². The molecule has 1 aliphatic rings. The molecule has 1 amide bonds. The van der Waals surface area contributed by atoms with Gasteiger partial charge in [-0.3, -0.25) is 4.79 Å². The summed E-state index contributed by atoms with van der Waals surface area (Å²) in [6.07, 6.45) is 2.40. The molecule has 8 heteroatoms. The van der Waals surface area contributed by atoms with E-state index in [1.54, 1.807) is 6.92 Å². The van der Waals surface area contributed by atoms with Gasteiger partial charge in [0.15, 0.2) is 9.84 Å². The highest BCUT2D eigenvalue weighted by molar-refractivity contribution is 7.91. The van der Waals surface area contributed by atoms with Gasteiger partial charge in [0.25, 0.3) is 0 Å². The van der Waals surface area contributed by atoms with Crippen LogP contribution in [0.3, 0.4) is 0 Å². The number of carbonyl (C=O) groups excluding carboxylic acids is 2. The topological polar surface area (TPSA) is 98.8 Å². The summed E-state index contributed by atoms with van der Waals surface area (Å²) in [5.74, 6) is -0.549. The third kappa shape index (κ3) is 5.04. The van der Waals surface area contributed by atoms with E-state index in [-0.39, 0.29) is 36.8 Å². The van der Waals surface area contributed by atoms with Crippen LogP contribution in [-0.4, -0.2) is 51.1 Å². The summed E-state index contributed by atoms with van der Waals surface area (Å²) >= 11 is 0. The second-order valence-electron chi connectivity index (χ2n) is 5.78. The van der Waals surface area contributed by atoms with E-state index in [4.69, 9.17) is 9.47 Å². The third-order valence-corrected chi connectivity index (χ3v) is 5.74. The first kappa shape index (κ1) is 20.6. The van der Waals surface area contributed by atoms with Gasteiger partial charge in [0, 0.05) is 6.26 Å². The average Bonchev–Trinajstić information content (AvgIpc) is 2.52. The smallest absolute Gasteiger partial charge is 0.335 e. The minimum absolute atomic E-state index is 0.163. The second kappa shape index (κ2) is 9.17. The van der Waals surface area contributed by atoms with Crippen molar-refractivity contribution >= 4 is 22.2 Å². The van der Waals surface area contributed by atoms with Crippen LogP contribution >= 0.6 is 0 Å². The predicted octanol–water partition coefficient (Wildman–Crippen LogP) is 1.33. The van der Waals surface area contributed by atoms with Crippen LogP contribution in [0.2, 0.25) is 0 Å². The molecule has 0 bridgehead atoms. The first-order valence-corrected chi connectivity index (χ1v) is 10.2. The molecule has 1 N–H and O–H groups in total. The second-order valence-corrected chi connectivity index (χ2v) is 8.04. The SMILES string of the molecule is CCOC(=O)C1=C(NC=O)C(OC(CC)CC)C(S(C)(=O)=O)CC1. The number of esters is 1. The zero-order chi connectivity index (χ0) is 18.3. The molecule has 0 saturated carbocycles. The summed E-state index contributed by atoms with van der Waals surface area (Å²) in [7, 11) is -3.42. The molecule has 0 aliphatic heterocycles. The molecule has 7 nitrogen and oxygen atoms in total. The summed E-state index contributed by atoms with van der Waals surface area (Å²) < 4.78 is 35.4. The lowest BCUT2D eigenvalue weighted by molar-refractivity contribution is -0.139. The van der Waals surface area contributed by atoms with Crippen LogP contribution in [0.15, 0.2) is 11.3 Å². The molecule has 2 unspecified atom stereocenters. The van der Waals surface area contributed by atoms with E-state index in [1.807, 2.05) is 13.8 Å². The quantitative estimate of drug-likeness (QED) is 0.491. The molecule has 0 saturated heterocycles. The third-order valence-electron chi connectivity index (χ3n) is 4.16. The summed E-state index contributed by atoms with van der Waals surface area (Å²) in [4.78, 5) is 23.2. The van der Waals surface area contributed by atoms with Crippen LogP contribution < -0.4 is 5.32 Å². The van der Waals surface area contributed by atoms with E-state index in [2.05, 4.69) is 5.32 Å². The van der Waals surface area contributed by atoms with Crippen molar-refractivity contribution in [2.75, 3.05) is 12.9 Å². The van der Waals surface area contributed by atoms with E-state index in [0.717, 1.165) is 6.26 Å². The summed E-state index contributed by atoms with van der Waals surface area (Å²) in [6, 6.07) is 0. The van der Waals surface area contributed by atoms with Gasteiger partial charge in [-0.05, 0) is 32.6 Å². The Bertz CT molecular complexity index is 579.